The number of benzene rings is 3. The van der Waals surface area contributed by atoms with E-state index in [-0.39, 0.29) is 23.9 Å². The van der Waals surface area contributed by atoms with Crippen molar-refractivity contribution in [1.82, 2.24) is 0 Å². The van der Waals surface area contributed by atoms with Gasteiger partial charge in [0.15, 0.2) is 0 Å². The lowest BCUT2D eigenvalue weighted by Gasteiger charge is -2.40. The second-order valence-electron chi connectivity index (χ2n) is 8.33. The summed E-state index contributed by atoms with van der Waals surface area (Å²) >= 11 is 6.28. The maximum absolute atomic E-state index is 13.5. The molecule has 7 heteroatoms. The topological polar surface area (TPSA) is 61.4 Å². The molecule has 4 rings (SSSR count). The number of anilines is 3. The van der Waals surface area contributed by atoms with Crippen LogP contribution >= 0.6 is 11.6 Å². The van der Waals surface area contributed by atoms with Crippen LogP contribution in [0.15, 0.2) is 60.7 Å². The number of amides is 2. The van der Waals surface area contributed by atoms with Crippen LogP contribution in [0, 0.1) is 5.82 Å². The van der Waals surface area contributed by atoms with E-state index in [2.05, 4.69) is 16.7 Å². The molecule has 0 aromatic heterocycles. The maximum Gasteiger partial charge on any atom is 0.224 e. The van der Waals surface area contributed by atoms with Gasteiger partial charge in [0, 0.05) is 31.3 Å². The molecule has 0 fully saturated rings. The van der Waals surface area contributed by atoms with Gasteiger partial charge in [0.25, 0.3) is 0 Å². The Kier molecular flexibility index (Phi) is 6.38. The Balaban J connectivity index is 1.77. The molecule has 0 saturated carbocycles. The summed E-state index contributed by atoms with van der Waals surface area (Å²) in [5.41, 5.74) is 5.02. The minimum Gasteiger partial charge on any atom is -0.377 e. The molecule has 0 radical (unpaired) electrons. The van der Waals surface area contributed by atoms with Crippen LogP contribution in [0.2, 0.25) is 5.02 Å². The molecule has 0 saturated heterocycles. The van der Waals surface area contributed by atoms with E-state index < -0.39 is 5.82 Å². The van der Waals surface area contributed by atoms with Gasteiger partial charge in [-0.05, 0) is 72.5 Å². The average molecular weight is 466 g/mol. The predicted octanol–water partition coefficient (Wildman–Crippen LogP) is 6.40. The van der Waals surface area contributed by atoms with Gasteiger partial charge in [-0.1, -0.05) is 29.8 Å². The van der Waals surface area contributed by atoms with Gasteiger partial charge in [-0.25, -0.2) is 4.39 Å². The van der Waals surface area contributed by atoms with E-state index in [0.29, 0.717) is 22.8 Å². The van der Waals surface area contributed by atoms with Crippen LogP contribution in [0.3, 0.4) is 0 Å². The third kappa shape index (κ3) is 4.86. The van der Waals surface area contributed by atoms with Crippen molar-refractivity contribution in [3.8, 4) is 11.1 Å². The zero-order chi connectivity index (χ0) is 23.7. The van der Waals surface area contributed by atoms with Crippen LogP contribution in [-0.4, -0.2) is 17.9 Å². The number of fused-ring (bicyclic) bond motifs is 1. The minimum absolute atomic E-state index is 0.0255. The van der Waals surface area contributed by atoms with E-state index in [1.165, 1.54) is 19.1 Å². The van der Waals surface area contributed by atoms with Gasteiger partial charge in [-0.2, -0.15) is 0 Å². The molecule has 1 aliphatic rings. The molecule has 1 aliphatic heterocycles. The quantitative estimate of drug-likeness (QED) is 0.468. The molecule has 0 unspecified atom stereocenters. The molecular weight excluding hydrogens is 441 g/mol. The van der Waals surface area contributed by atoms with Gasteiger partial charge in [0.2, 0.25) is 11.8 Å². The Morgan fingerprint density at radius 2 is 1.79 bits per heavy atom. The number of carbonyl (C=O) groups excluding carboxylic acids is 2. The third-order valence-electron chi connectivity index (χ3n) is 5.80. The summed E-state index contributed by atoms with van der Waals surface area (Å²) in [4.78, 5) is 25.7. The van der Waals surface area contributed by atoms with Crippen molar-refractivity contribution in [1.29, 1.82) is 0 Å². The first kappa shape index (κ1) is 22.8. The Morgan fingerprint density at radius 3 is 2.48 bits per heavy atom. The fourth-order valence-electron chi connectivity index (χ4n) is 4.43. The summed E-state index contributed by atoms with van der Waals surface area (Å²) in [6, 6.07) is 17.7. The van der Waals surface area contributed by atoms with E-state index in [0.717, 1.165) is 22.4 Å². The molecule has 5 nitrogen and oxygen atoms in total. The third-order valence-corrected chi connectivity index (χ3v) is 6.11. The Hall–Kier alpha value is -3.38. The number of rotatable bonds is 4. The number of carbonyl (C=O) groups is 2. The summed E-state index contributed by atoms with van der Waals surface area (Å²) in [5.74, 6) is -0.557. The smallest absolute Gasteiger partial charge is 0.224 e. The van der Waals surface area contributed by atoms with Crippen molar-refractivity contribution in [2.75, 3.05) is 15.5 Å². The molecule has 3 aromatic rings. The molecule has 1 heterocycles. The maximum atomic E-state index is 13.5. The monoisotopic (exact) mass is 465 g/mol. The summed E-state index contributed by atoms with van der Waals surface area (Å²) in [6.07, 6.45) is 0.662. The molecule has 2 N–H and O–H groups in total. The highest BCUT2D eigenvalue weighted by Gasteiger charge is 2.33. The van der Waals surface area contributed by atoms with Gasteiger partial charge < -0.3 is 15.5 Å². The predicted molar refractivity (Wildman–Crippen MR) is 131 cm³/mol. The summed E-state index contributed by atoms with van der Waals surface area (Å²) in [5, 5.41) is 6.56. The Bertz CT molecular complexity index is 1230. The van der Waals surface area contributed by atoms with Crippen LogP contribution in [0.5, 0.6) is 0 Å². The molecule has 3 aromatic carbocycles. The Morgan fingerprint density at radius 1 is 1.03 bits per heavy atom. The largest absolute Gasteiger partial charge is 0.377 e. The molecule has 0 aliphatic carbocycles. The van der Waals surface area contributed by atoms with Gasteiger partial charge in [-0.15, -0.1) is 0 Å². The lowest BCUT2D eigenvalue weighted by Crippen LogP contribution is -2.43. The standard InChI is InChI=1S/C26H25ClFN3O2/c1-15-11-25(30-24-9-8-20(28)14-23(24)27)22-13-19(7-10-26(22)31(15)17(3)33)18-5-4-6-21(12-18)29-16(2)32/h4-10,12-15,25,30H,11H2,1-3H3,(H,29,32)/t15-,25+/m0/s1. The van der Waals surface area contributed by atoms with Crippen molar-refractivity contribution >= 4 is 40.5 Å². The molecule has 0 spiro atoms. The van der Waals surface area contributed by atoms with E-state index >= 15 is 0 Å². The average Bonchev–Trinajstić information content (AvgIpc) is 2.75. The number of nitrogens with one attached hydrogen (secondary N) is 2. The molecule has 33 heavy (non-hydrogen) atoms. The summed E-state index contributed by atoms with van der Waals surface area (Å²) < 4.78 is 13.5. The summed E-state index contributed by atoms with van der Waals surface area (Å²) in [6.45, 7) is 5.05. The summed E-state index contributed by atoms with van der Waals surface area (Å²) in [7, 11) is 0. The fourth-order valence-corrected chi connectivity index (χ4v) is 4.66. The van der Waals surface area contributed by atoms with Crippen LogP contribution in [0.1, 0.15) is 38.8 Å². The van der Waals surface area contributed by atoms with Crippen LogP contribution in [-0.2, 0) is 9.59 Å². The molecule has 0 bridgehead atoms. The molecule has 2 amide bonds. The normalized spacial score (nSPS) is 17.3. The molecule has 170 valence electrons. The highest BCUT2D eigenvalue weighted by atomic mass is 35.5. The highest BCUT2D eigenvalue weighted by molar-refractivity contribution is 6.33. The van der Waals surface area contributed by atoms with Crippen molar-refractivity contribution in [2.45, 2.75) is 39.3 Å². The van der Waals surface area contributed by atoms with Crippen molar-refractivity contribution in [2.24, 2.45) is 0 Å². The van der Waals surface area contributed by atoms with Crippen LogP contribution in [0.25, 0.3) is 11.1 Å². The molecular formula is C26H25ClFN3O2. The van der Waals surface area contributed by atoms with E-state index in [4.69, 9.17) is 11.6 Å². The lowest BCUT2D eigenvalue weighted by atomic mass is 9.88. The Labute approximate surface area is 197 Å². The number of hydrogen-bond donors (Lipinski definition) is 2. The SMILES string of the molecule is CC(=O)Nc1cccc(-c2ccc3c(c2)[C@H](Nc2ccc(F)cc2Cl)C[C@H](C)N3C(C)=O)c1. The van der Waals surface area contributed by atoms with Gasteiger partial charge in [0.1, 0.15) is 5.82 Å². The second kappa shape index (κ2) is 9.24. The zero-order valence-electron chi connectivity index (χ0n) is 18.7. The first-order chi connectivity index (χ1) is 15.7. The van der Waals surface area contributed by atoms with Crippen molar-refractivity contribution in [3.05, 3.63) is 77.1 Å². The van der Waals surface area contributed by atoms with Gasteiger partial charge in [-0.3, -0.25) is 9.59 Å². The fraction of sp³-hybridized carbons (Fsp3) is 0.231. The first-order valence-corrected chi connectivity index (χ1v) is 11.1. The number of halogens is 2. The second-order valence-corrected chi connectivity index (χ2v) is 8.74. The van der Waals surface area contributed by atoms with Gasteiger partial charge in [0.05, 0.1) is 16.8 Å². The van der Waals surface area contributed by atoms with E-state index in [9.17, 15) is 14.0 Å². The first-order valence-electron chi connectivity index (χ1n) is 10.8. The number of nitrogens with zero attached hydrogens (tertiary/aromatic N) is 1. The van der Waals surface area contributed by atoms with Crippen LogP contribution in [0.4, 0.5) is 21.5 Å². The van der Waals surface area contributed by atoms with Gasteiger partial charge >= 0.3 is 0 Å². The van der Waals surface area contributed by atoms with E-state index in [1.54, 1.807) is 17.9 Å². The molecule has 2 atom stereocenters. The highest BCUT2D eigenvalue weighted by Crippen LogP contribution is 2.42. The minimum atomic E-state index is -0.396. The van der Waals surface area contributed by atoms with Crippen molar-refractivity contribution in [3.63, 3.8) is 0 Å². The van der Waals surface area contributed by atoms with Crippen molar-refractivity contribution < 1.29 is 14.0 Å². The lowest BCUT2D eigenvalue weighted by molar-refractivity contribution is -0.117. The van der Waals surface area contributed by atoms with Crippen LogP contribution < -0.4 is 15.5 Å². The van der Waals surface area contributed by atoms with E-state index in [1.807, 2.05) is 43.3 Å². The number of hydrogen-bond acceptors (Lipinski definition) is 3. The zero-order valence-corrected chi connectivity index (χ0v) is 19.4.